The molecule has 0 aliphatic heterocycles. The maximum absolute atomic E-state index is 11.4. The third kappa shape index (κ3) is 4.24. The predicted molar refractivity (Wildman–Crippen MR) is 106 cm³/mol. The minimum absolute atomic E-state index is 0.334. The molecule has 134 valence electrons. The molecule has 1 saturated carbocycles. The smallest absolute Gasteiger partial charge is 0.346 e. The van der Waals surface area contributed by atoms with Crippen LogP contribution in [-0.2, 0) is 0 Å². The monoisotopic (exact) mass is 357 g/mol. The average Bonchev–Trinajstić information content (AvgIpc) is 2.93. The Hall–Kier alpha value is -1.81. The van der Waals surface area contributed by atoms with E-state index in [0.29, 0.717) is 21.7 Å². The van der Waals surface area contributed by atoms with Gasteiger partial charge < -0.3 is 10.4 Å². The first-order valence-corrected chi connectivity index (χ1v) is 9.71. The largest absolute Gasteiger partial charge is 0.477 e. The normalized spacial score (nSPS) is 19.5. The number of aromatic carboxylic acids is 1. The zero-order chi connectivity index (χ0) is 18.2. The van der Waals surface area contributed by atoms with Crippen molar-refractivity contribution in [3.63, 3.8) is 0 Å². The van der Waals surface area contributed by atoms with E-state index in [1.807, 2.05) is 23.6 Å². The molecule has 0 spiro atoms. The molecule has 1 aliphatic carbocycles. The molecular weight excluding hydrogens is 330 g/mol. The summed E-state index contributed by atoms with van der Waals surface area (Å²) in [5.41, 5.74) is 3.49. The van der Waals surface area contributed by atoms with Crippen molar-refractivity contribution in [2.24, 2.45) is 10.8 Å². The number of rotatable bonds is 4. The van der Waals surface area contributed by atoms with Gasteiger partial charge in [-0.05, 0) is 59.2 Å². The Kier molecular flexibility index (Phi) is 4.67. The van der Waals surface area contributed by atoms with Gasteiger partial charge in [-0.15, -0.1) is 11.3 Å². The summed E-state index contributed by atoms with van der Waals surface area (Å²) in [4.78, 5) is 11.8. The van der Waals surface area contributed by atoms with E-state index in [1.54, 1.807) is 0 Å². The van der Waals surface area contributed by atoms with E-state index in [-0.39, 0.29) is 0 Å². The third-order valence-electron chi connectivity index (χ3n) is 4.96. The molecule has 1 aromatic carbocycles. The summed E-state index contributed by atoms with van der Waals surface area (Å²) in [6.45, 7) is 9.40. The van der Waals surface area contributed by atoms with Crippen LogP contribution in [0.1, 0.15) is 56.6 Å². The molecule has 1 aliphatic rings. The zero-order valence-electron chi connectivity index (χ0n) is 15.4. The van der Waals surface area contributed by atoms with E-state index >= 15 is 0 Å². The number of thiophene rings is 1. The topological polar surface area (TPSA) is 49.3 Å². The predicted octanol–water partition coefficient (Wildman–Crippen LogP) is 6.13. The fourth-order valence-electron chi connectivity index (χ4n) is 4.66. The van der Waals surface area contributed by atoms with Gasteiger partial charge in [0.2, 0.25) is 0 Å². The minimum Gasteiger partial charge on any atom is -0.477 e. The molecular formula is C21H27NO2S. The van der Waals surface area contributed by atoms with Gasteiger partial charge in [-0.25, -0.2) is 4.79 Å². The fourth-order valence-corrected chi connectivity index (χ4v) is 5.42. The van der Waals surface area contributed by atoms with Crippen LogP contribution in [0.25, 0.3) is 11.1 Å². The number of hydrogen-bond donors (Lipinski definition) is 2. The van der Waals surface area contributed by atoms with Gasteiger partial charge in [-0.1, -0.05) is 39.8 Å². The zero-order valence-corrected chi connectivity index (χ0v) is 16.2. The molecule has 3 nitrogen and oxygen atoms in total. The molecule has 4 heteroatoms. The van der Waals surface area contributed by atoms with E-state index < -0.39 is 5.97 Å². The van der Waals surface area contributed by atoms with Gasteiger partial charge in [0.1, 0.15) is 4.88 Å². The van der Waals surface area contributed by atoms with Crippen molar-refractivity contribution in [3.8, 4) is 11.1 Å². The molecule has 0 amide bonds. The summed E-state index contributed by atoms with van der Waals surface area (Å²) in [5, 5.41) is 14.9. The lowest BCUT2D eigenvalue weighted by atomic mass is 9.63. The molecule has 1 heterocycles. The van der Waals surface area contributed by atoms with Gasteiger partial charge in [0.15, 0.2) is 0 Å². The maximum Gasteiger partial charge on any atom is 0.346 e. The molecule has 0 bridgehead atoms. The number of carboxylic acid groups (broad SMARTS) is 1. The summed E-state index contributed by atoms with van der Waals surface area (Å²) >= 11 is 1.27. The molecule has 2 N–H and O–H groups in total. The van der Waals surface area contributed by atoms with E-state index in [1.165, 1.54) is 17.8 Å². The molecule has 2 aromatic rings. The Balaban J connectivity index is 1.83. The number of carboxylic acids is 1. The van der Waals surface area contributed by atoms with Crippen LogP contribution in [-0.4, -0.2) is 17.1 Å². The highest BCUT2D eigenvalue weighted by atomic mass is 32.1. The number of anilines is 1. The molecule has 0 atom stereocenters. The summed E-state index contributed by atoms with van der Waals surface area (Å²) in [6.07, 6.45) is 3.55. The SMILES string of the molecule is CC1(C)CC(Nc2cccc(-c3ccsc3C(=O)O)c2)CC(C)(C)C1. The molecule has 0 saturated heterocycles. The lowest BCUT2D eigenvalue weighted by Crippen LogP contribution is -2.40. The standard InChI is InChI=1S/C21H27NO2S/c1-20(2)11-16(12-21(3,4)13-20)22-15-7-5-6-14(10-15)17-8-9-25-18(17)19(23)24/h5-10,16,22H,11-13H2,1-4H3,(H,23,24). The lowest BCUT2D eigenvalue weighted by Gasteiger charge is -2.45. The maximum atomic E-state index is 11.4. The number of hydrogen-bond acceptors (Lipinski definition) is 3. The van der Waals surface area contributed by atoms with Gasteiger partial charge in [-0.3, -0.25) is 0 Å². The van der Waals surface area contributed by atoms with Crippen molar-refractivity contribution in [1.82, 2.24) is 0 Å². The Morgan fingerprint density at radius 3 is 2.48 bits per heavy atom. The average molecular weight is 358 g/mol. The van der Waals surface area contributed by atoms with Crippen molar-refractivity contribution in [3.05, 3.63) is 40.6 Å². The number of nitrogens with one attached hydrogen (secondary N) is 1. The Labute approximate surface area is 154 Å². The molecule has 1 aromatic heterocycles. The Morgan fingerprint density at radius 1 is 1.16 bits per heavy atom. The highest BCUT2D eigenvalue weighted by Gasteiger charge is 2.38. The van der Waals surface area contributed by atoms with Crippen LogP contribution in [0.3, 0.4) is 0 Å². The van der Waals surface area contributed by atoms with Crippen molar-refractivity contribution in [1.29, 1.82) is 0 Å². The number of benzene rings is 1. The van der Waals surface area contributed by atoms with Crippen molar-refractivity contribution < 1.29 is 9.90 Å². The van der Waals surface area contributed by atoms with Gasteiger partial charge in [0, 0.05) is 17.3 Å². The van der Waals surface area contributed by atoms with Crippen LogP contribution in [0.15, 0.2) is 35.7 Å². The molecule has 0 unspecified atom stereocenters. The highest BCUT2D eigenvalue weighted by molar-refractivity contribution is 7.12. The van der Waals surface area contributed by atoms with Crippen LogP contribution in [0, 0.1) is 10.8 Å². The first-order chi connectivity index (χ1) is 11.7. The van der Waals surface area contributed by atoms with Crippen molar-refractivity contribution in [2.75, 3.05) is 5.32 Å². The van der Waals surface area contributed by atoms with Gasteiger partial charge in [0.05, 0.1) is 0 Å². The van der Waals surface area contributed by atoms with Crippen LogP contribution in [0.5, 0.6) is 0 Å². The first kappa shape index (κ1) is 18.0. The van der Waals surface area contributed by atoms with E-state index in [9.17, 15) is 9.90 Å². The second-order valence-corrected chi connectivity index (χ2v) is 9.72. The highest BCUT2D eigenvalue weighted by Crippen LogP contribution is 2.46. The third-order valence-corrected chi connectivity index (χ3v) is 5.86. The fraction of sp³-hybridized carbons (Fsp3) is 0.476. The lowest BCUT2D eigenvalue weighted by molar-refractivity contribution is 0.0703. The number of carbonyl (C=O) groups is 1. The minimum atomic E-state index is -0.862. The van der Waals surface area contributed by atoms with Crippen LogP contribution >= 0.6 is 11.3 Å². The van der Waals surface area contributed by atoms with Gasteiger partial charge >= 0.3 is 5.97 Å². The summed E-state index contributed by atoms with van der Waals surface area (Å²) < 4.78 is 0. The van der Waals surface area contributed by atoms with Gasteiger partial charge in [0.25, 0.3) is 0 Å². The van der Waals surface area contributed by atoms with Gasteiger partial charge in [-0.2, -0.15) is 0 Å². The Bertz CT molecular complexity index is 760. The molecule has 3 rings (SSSR count). The van der Waals surface area contributed by atoms with Crippen molar-refractivity contribution >= 4 is 23.0 Å². The van der Waals surface area contributed by atoms with Crippen LogP contribution in [0.2, 0.25) is 0 Å². The van der Waals surface area contributed by atoms with E-state index in [2.05, 4.69) is 45.1 Å². The van der Waals surface area contributed by atoms with E-state index in [4.69, 9.17) is 0 Å². The Morgan fingerprint density at radius 2 is 1.84 bits per heavy atom. The van der Waals surface area contributed by atoms with Crippen molar-refractivity contribution in [2.45, 2.75) is 53.0 Å². The van der Waals surface area contributed by atoms with E-state index in [0.717, 1.165) is 29.7 Å². The molecule has 1 fully saturated rings. The van der Waals surface area contributed by atoms with Crippen LogP contribution in [0.4, 0.5) is 5.69 Å². The quantitative estimate of drug-likeness (QED) is 0.692. The summed E-state index contributed by atoms with van der Waals surface area (Å²) in [7, 11) is 0. The van der Waals surface area contributed by atoms with Crippen LogP contribution < -0.4 is 5.32 Å². The first-order valence-electron chi connectivity index (χ1n) is 8.83. The summed E-state index contributed by atoms with van der Waals surface area (Å²) in [6, 6.07) is 10.5. The molecule has 0 radical (unpaired) electrons. The summed E-state index contributed by atoms with van der Waals surface area (Å²) in [5.74, 6) is -0.862. The second-order valence-electron chi connectivity index (χ2n) is 8.80. The second kappa shape index (κ2) is 6.49. The molecule has 25 heavy (non-hydrogen) atoms.